The van der Waals surface area contributed by atoms with Gasteiger partial charge in [0, 0.05) is 11.8 Å². The predicted octanol–water partition coefficient (Wildman–Crippen LogP) is 3.81. The van der Waals surface area contributed by atoms with Crippen molar-refractivity contribution in [3.63, 3.8) is 0 Å². The Balaban J connectivity index is 2.38. The van der Waals surface area contributed by atoms with Crippen LogP contribution in [0.1, 0.15) is 13.3 Å². The lowest BCUT2D eigenvalue weighted by atomic mass is 10.1. The largest absolute Gasteiger partial charge is 0.505 e. The van der Waals surface area contributed by atoms with Gasteiger partial charge in [0.05, 0.1) is 23.9 Å². The van der Waals surface area contributed by atoms with E-state index >= 15 is 0 Å². The van der Waals surface area contributed by atoms with Gasteiger partial charge in [-0.2, -0.15) is 21.9 Å². The standard InChI is InChI=1S/C20H19N3O9S2/c1-3-17(24)21-14-8-9-15(33(26,27)28)13-10-16(34(29,30)31)19(20(25)18(13)14)23-22-11-4-6-12(32-2)7-5-11/h4-10,25H,3H2,1-2H3,(H,21,24)(H,26,27,28)(H,29,30,31). The van der Waals surface area contributed by atoms with Gasteiger partial charge < -0.3 is 15.2 Å². The van der Waals surface area contributed by atoms with E-state index in [0.717, 1.165) is 12.1 Å². The Labute approximate surface area is 194 Å². The summed E-state index contributed by atoms with van der Waals surface area (Å²) in [5.41, 5.74) is -0.576. The van der Waals surface area contributed by atoms with Gasteiger partial charge in [-0.1, -0.05) is 6.92 Å². The van der Waals surface area contributed by atoms with E-state index in [2.05, 4.69) is 15.5 Å². The summed E-state index contributed by atoms with van der Waals surface area (Å²) in [4.78, 5) is 10.2. The third-order valence-electron chi connectivity index (χ3n) is 4.66. The number of phenolic OH excluding ortho intramolecular Hbond substituents is 1. The summed E-state index contributed by atoms with van der Waals surface area (Å²) in [5.74, 6) is -0.889. The van der Waals surface area contributed by atoms with Gasteiger partial charge in [-0.15, -0.1) is 5.11 Å². The summed E-state index contributed by atoms with van der Waals surface area (Å²) in [6, 6.07) is 8.79. The molecule has 0 aliphatic heterocycles. The lowest BCUT2D eigenvalue weighted by Gasteiger charge is -2.15. The number of aromatic hydroxyl groups is 1. The molecule has 12 nitrogen and oxygen atoms in total. The van der Waals surface area contributed by atoms with Gasteiger partial charge in [-0.25, -0.2) is 0 Å². The molecule has 0 saturated heterocycles. The Morgan fingerprint density at radius 2 is 1.59 bits per heavy atom. The molecular formula is C20H19N3O9S2. The number of hydrogen-bond donors (Lipinski definition) is 4. The van der Waals surface area contributed by atoms with E-state index in [1.165, 1.54) is 19.2 Å². The first-order valence-electron chi connectivity index (χ1n) is 9.50. The topological polar surface area (TPSA) is 192 Å². The molecule has 3 aromatic carbocycles. The molecule has 0 aliphatic rings. The van der Waals surface area contributed by atoms with Crippen LogP contribution in [0.4, 0.5) is 17.1 Å². The van der Waals surface area contributed by atoms with Crippen LogP contribution in [0.25, 0.3) is 10.8 Å². The quantitative estimate of drug-likeness (QED) is 0.271. The number of hydrogen-bond acceptors (Lipinski definition) is 9. The van der Waals surface area contributed by atoms with Crippen molar-refractivity contribution in [2.75, 3.05) is 12.4 Å². The lowest BCUT2D eigenvalue weighted by molar-refractivity contribution is -0.115. The lowest BCUT2D eigenvalue weighted by Crippen LogP contribution is -2.11. The first kappa shape index (κ1) is 25.0. The SMILES string of the molecule is CCC(=O)Nc1ccc(S(=O)(=O)O)c2cc(S(=O)(=O)O)c(N=Nc3ccc(OC)cc3)c(O)c12. The third kappa shape index (κ3) is 5.14. The normalized spacial score (nSPS) is 12.2. The molecule has 3 rings (SSSR count). The molecule has 0 saturated carbocycles. The highest BCUT2D eigenvalue weighted by Gasteiger charge is 2.27. The number of fused-ring (bicyclic) bond motifs is 1. The number of phenols is 1. The van der Waals surface area contributed by atoms with Crippen LogP contribution in [0, 0.1) is 0 Å². The maximum absolute atomic E-state index is 12.1. The van der Waals surface area contributed by atoms with Gasteiger partial charge in [-0.3, -0.25) is 13.9 Å². The Morgan fingerprint density at radius 1 is 0.971 bits per heavy atom. The molecule has 0 bridgehead atoms. The monoisotopic (exact) mass is 509 g/mol. The molecule has 14 heteroatoms. The number of nitrogens with zero attached hydrogens (tertiary/aromatic N) is 2. The van der Waals surface area contributed by atoms with Crippen LogP contribution in [-0.2, 0) is 25.0 Å². The molecule has 0 unspecified atom stereocenters. The number of azo groups is 1. The predicted molar refractivity (Wildman–Crippen MR) is 121 cm³/mol. The van der Waals surface area contributed by atoms with Gasteiger partial charge in [0.25, 0.3) is 20.2 Å². The Bertz CT molecular complexity index is 1520. The van der Waals surface area contributed by atoms with Crippen LogP contribution < -0.4 is 10.1 Å². The van der Waals surface area contributed by atoms with Gasteiger partial charge in [0.15, 0.2) is 5.75 Å². The highest BCUT2D eigenvalue weighted by atomic mass is 32.2. The van der Waals surface area contributed by atoms with Crippen molar-refractivity contribution in [3.8, 4) is 11.5 Å². The summed E-state index contributed by atoms with van der Waals surface area (Å²) in [6.45, 7) is 1.55. The van der Waals surface area contributed by atoms with Crippen molar-refractivity contribution in [2.24, 2.45) is 10.2 Å². The van der Waals surface area contributed by atoms with Gasteiger partial charge >= 0.3 is 0 Å². The molecule has 1 amide bonds. The van der Waals surface area contributed by atoms with E-state index in [0.29, 0.717) is 11.8 Å². The fourth-order valence-corrected chi connectivity index (χ4v) is 4.38. The molecule has 0 aromatic heterocycles. The molecular weight excluding hydrogens is 490 g/mol. The smallest absolute Gasteiger partial charge is 0.296 e. The van der Waals surface area contributed by atoms with E-state index in [1.807, 2.05) is 0 Å². The van der Waals surface area contributed by atoms with Crippen LogP contribution in [0.3, 0.4) is 0 Å². The van der Waals surface area contributed by atoms with Crippen LogP contribution in [0.2, 0.25) is 0 Å². The average Bonchev–Trinajstić information content (AvgIpc) is 2.77. The third-order valence-corrected chi connectivity index (χ3v) is 6.44. The van der Waals surface area contributed by atoms with Crippen molar-refractivity contribution < 1.29 is 40.6 Å². The van der Waals surface area contributed by atoms with Crippen molar-refractivity contribution in [1.29, 1.82) is 0 Å². The van der Waals surface area contributed by atoms with Crippen molar-refractivity contribution in [1.82, 2.24) is 0 Å². The minimum Gasteiger partial charge on any atom is -0.505 e. The molecule has 0 heterocycles. The van der Waals surface area contributed by atoms with Crippen LogP contribution in [0.5, 0.6) is 11.5 Å². The minimum atomic E-state index is -5.06. The molecule has 34 heavy (non-hydrogen) atoms. The summed E-state index contributed by atoms with van der Waals surface area (Å²) >= 11 is 0. The van der Waals surface area contributed by atoms with Crippen LogP contribution in [-0.4, -0.2) is 44.1 Å². The van der Waals surface area contributed by atoms with Crippen molar-refractivity contribution in [2.45, 2.75) is 23.1 Å². The number of methoxy groups -OCH3 is 1. The zero-order valence-corrected chi connectivity index (χ0v) is 19.4. The first-order chi connectivity index (χ1) is 15.9. The second kappa shape index (κ2) is 9.34. The number of carbonyl (C=O) groups excluding carboxylic acids is 1. The zero-order chi connectivity index (χ0) is 25.3. The summed E-state index contributed by atoms with van der Waals surface area (Å²) < 4.78 is 72.2. The molecule has 4 N–H and O–H groups in total. The summed E-state index contributed by atoms with van der Waals surface area (Å²) in [5, 5.41) is 20.2. The zero-order valence-electron chi connectivity index (χ0n) is 17.8. The molecule has 0 spiro atoms. The maximum atomic E-state index is 12.1. The summed E-state index contributed by atoms with van der Waals surface area (Å²) in [7, 11) is -8.51. The van der Waals surface area contributed by atoms with Crippen LogP contribution in [0.15, 0.2) is 62.5 Å². The highest BCUT2D eigenvalue weighted by Crippen LogP contribution is 2.46. The Morgan fingerprint density at radius 3 is 2.12 bits per heavy atom. The number of ether oxygens (including phenoxy) is 1. The Hall–Kier alpha value is -3.59. The van der Waals surface area contributed by atoms with E-state index < -0.39 is 52.8 Å². The number of benzene rings is 3. The maximum Gasteiger partial charge on any atom is 0.296 e. The Kier molecular flexibility index (Phi) is 6.88. The van der Waals surface area contributed by atoms with Crippen LogP contribution >= 0.6 is 0 Å². The van der Waals surface area contributed by atoms with E-state index in [9.17, 15) is 35.8 Å². The molecule has 180 valence electrons. The average molecular weight is 510 g/mol. The molecule has 3 aromatic rings. The first-order valence-corrected chi connectivity index (χ1v) is 12.4. The van der Waals surface area contributed by atoms with Crippen molar-refractivity contribution >= 4 is 54.0 Å². The molecule has 0 aliphatic carbocycles. The van der Waals surface area contributed by atoms with Gasteiger partial charge in [0.1, 0.15) is 21.2 Å². The second-order valence-corrected chi connectivity index (χ2v) is 9.64. The number of amides is 1. The number of nitrogens with one attached hydrogen (secondary N) is 1. The second-order valence-electron chi connectivity index (χ2n) is 6.86. The molecule has 0 radical (unpaired) electrons. The van der Waals surface area contributed by atoms with Gasteiger partial charge in [-0.05, 0) is 42.5 Å². The molecule has 0 atom stereocenters. The number of rotatable bonds is 7. The minimum absolute atomic E-state index is 0.0371. The van der Waals surface area contributed by atoms with E-state index in [4.69, 9.17) is 4.74 Å². The number of anilines is 1. The summed E-state index contributed by atoms with van der Waals surface area (Å²) in [6.07, 6.45) is 0.0371. The fraction of sp³-hybridized carbons (Fsp3) is 0.150. The highest BCUT2D eigenvalue weighted by molar-refractivity contribution is 7.86. The van der Waals surface area contributed by atoms with E-state index in [1.54, 1.807) is 19.1 Å². The van der Waals surface area contributed by atoms with E-state index in [-0.39, 0.29) is 23.2 Å². The van der Waals surface area contributed by atoms with Gasteiger partial charge in [0.2, 0.25) is 5.91 Å². The number of carbonyl (C=O) groups is 1. The molecule has 0 fully saturated rings. The fourth-order valence-electron chi connectivity index (χ4n) is 3.05. The van der Waals surface area contributed by atoms with Crippen molar-refractivity contribution in [3.05, 3.63) is 42.5 Å².